The maximum atomic E-state index is 13.1. The zero-order valence-electron chi connectivity index (χ0n) is 76.1. The van der Waals surface area contributed by atoms with Gasteiger partial charge in [-0.25, -0.2) is 9.13 Å². The molecule has 0 aliphatic rings. The number of hydrogen-bond acceptors (Lipinski definition) is 14. The highest BCUT2D eigenvalue weighted by atomic mass is 31.2. The van der Waals surface area contributed by atoms with Gasteiger partial charge >= 0.3 is 33.6 Å². The summed E-state index contributed by atoms with van der Waals surface area (Å²) in [5, 5.41) is 20.8. The van der Waals surface area contributed by atoms with Crippen molar-refractivity contribution in [1.82, 2.24) is 0 Å². The van der Waals surface area contributed by atoms with E-state index in [0.29, 0.717) is 19.3 Å². The Hall–Kier alpha value is -5.61. The molecule has 0 aromatic heterocycles. The predicted molar refractivity (Wildman–Crippen MR) is 509 cm³/mol. The van der Waals surface area contributed by atoms with Gasteiger partial charge in [-0.1, -0.05) is 389 Å². The molecule has 5 atom stereocenters. The highest BCUT2D eigenvalue weighted by molar-refractivity contribution is 7.47. The lowest BCUT2D eigenvalue weighted by Gasteiger charge is -2.21. The number of carbonyl (C=O) groups excluding carboxylic acids is 3. The molecule has 0 aromatic rings. The van der Waals surface area contributed by atoms with Crippen LogP contribution in [0.5, 0.6) is 0 Å². The summed E-state index contributed by atoms with van der Waals surface area (Å²) in [6.45, 7) is 2.43. The van der Waals surface area contributed by atoms with Crippen molar-refractivity contribution in [2.24, 2.45) is 0 Å². The van der Waals surface area contributed by atoms with Crippen LogP contribution in [0.1, 0.15) is 380 Å². The van der Waals surface area contributed by atoms with Gasteiger partial charge in [0.05, 0.1) is 26.4 Å². The number of carbonyl (C=O) groups is 3. The van der Waals surface area contributed by atoms with Gasteiger partial charge in [0.2, 0.25) is 0 Å². The molecule has 0 rings (SSSR count). The Balaban J connectivity index is 4.64. The van der Waals surface area contributed by atoms with Gasteiger partial charge in [0.15, 0.2) is 6.10 Å². The van der Waals surface area contributed by atoms with Crippen LogP contribution in [0.4, 0.5) is 0 Å². The van der Waals surface area contributed by atoms with Gasteiger partial charge in [0.1, 0.15) is 25.4 Å². The number of unbranched alkanes of at least 4 members (excludes halogenated alkanes) is 34. The molecule has 5 unspecified atom stereocenters. The number of aliphatic hydroxyl groups excluding tert-OH is 2. The molecule has 16 nitrogen and oxygen atoms in total. The SMILES string of the molecule is CC/C=C\C/C=C\C/C=C\C/C=C\C/C=C\C/C=C\CCCCCCCCCCC(=O)OCC(COP(=O)(O)OCC(O)COP(=O)(O)OCC(O)COC(=O)CCCCCCCCCCCCCCCCCCC/C=C\C/C=C\C/C=C\C/C=C\CCCCC)OC(=O)CCCCCCCC/C=C\C/C=C\C/C=C\C/C=C\C/C=C\C/C=C\CC. The van der Waals surface area contributed by atoms with Gasteiger partial charge in [-0.05, 0) is 167 Å². The van der Waals surface area contributed by atoms with E-state index in [1.165, 1.54) is 122 Å². The third kappa shape index (κ3) is 94.9. The molecule has 0 saturated heterocycles. The molecule has 0 saturated carbocycles. The molecule has 4 N–H and O–H groups in total. The summed E-state index contributed by atoms with van der Waals surface area (Å²) >= 11 is 0. The van der Waals surface area contributed by atoms with Crippen LogP contribution < -0.4 is 0 Å². The Kier molecular flexibility index (Phi) is 89.2. The van der Waals surface area contributed by atoms with E-state index in [1.54, 1.807) is 0 Å². The lowest BCUT2D eigenvalue weighted by Crippen LogP contribution is -2.30. The third-order valence-electron chi connectivity index (χ3n) is 19.8. The minimum atomic E-state index is -4.96. The molecule has 121 heavy (non-hydrogen) atoms. The Morgan fingerprint density at radius 2 is 0.438 bits per heavy atom. The van der Waals surface area contributed by atoms with Crippen molar-refractivity contribution in [2.75, 3.05) is 39.6 Å². The van der Waals surface area contributed by atoms with Crippen molar-refractivity contribution in [1.29, 1.82) is 0 Å². The summed E-state index contributed by atoms with van der Waals surface area (Å²) in [5.74, 6) is -1.60. The number of esters is 3. The van der Waals surface area contributed by atoms with Crippen molar-refractivity contribution in [2.45, 2.75) is 399 Å². The Labute approximate surface area is 737 Å². The van der Waals surface area contributed by atoms with E-state index >= 15 is 0 Å². The molecule has 0 radical (unpaired) electrons. The Bertz CT molecular complexity index is 2980. The topological polar surface area (TPSA) is 231 Å². The van der Waals surface area contributed by atoms with Crippen LogP contribution in [-0.4, -0.2) is 95.9 Å². The smallest absolute Gasteiger partial charge is 0.463 e. The first-order valence-electron chi connectivity index (χ1n) is 47.7. The second kappa shape index (κ2) is 93.5. The average molecular weight is 1730 g/mol. The summed E-state index contributed by atoms with van der Waals surface area (Å²) in [7, 11) is -9.83. The molecule has 0 bridgehead atoms. The molecular weight excluding hydrogens is 1560 g/mol. The lowest BCUT2D eigenvalue weighted by atomic mass is 10.0. The number of ether oxygens (including phenoxy) is 3. The fourth-order valence-electron chi connectivity index (χ4n) is 12.6. The van der Waals surface area contributed by atoms with Crippen molar-refractivity contribution in [3.63, 3.8) is 0 Å². The fourth-order valence-corrected chi connectivity index (χ4v) is 14.2. The van der Waals surface area contributed by atoms with Crippen molar-refractivity contribution in [3.8, 4) is 0 Å². The molecule has 690 valence electrons. The highest BCUT2D eigenvalue weighted by Crippen LogP contribution is 2.45. The first-order valence-corrected chi connectivity index (χ1v) is 50.7. The van der Waals surface area contributed by atoms with Gasteiger partial charge in [-0.2, -0.15) is 0 Å². The number of rotatable bonds is 89. The molecule has 0 heterocycles. The predicted octanol–water partition coefficient (Wildman–Crippen LogP) is 29.8. The van der Waals surface area contributed by atoms with Crippen LogP contribution in [-0.2, 0) is 55.8 Å². The summed E-state index contributed by atoms with van der Waals surface area (Å²) in [6, 6.07) is 0. The second-order valence-corrected chi connectivity index (χ2v) is 34.3. The first-order chi connectivity index (χ1) is 59.2. The Morgan fingerprint density at radius 1 is 0.240 bits per heavy atom. The van der Waals surface area contributed by atoms with Crippen LogP contribution >= 0.6 is 15.6 Å². The van der Waals surface area contributed by atoms with E-state index in [9.17, 15) is 43.5 Å². The fraction of sp³-hybridized carbons (Fsp3) is 0.660. The normalized spacial score (nSPS) is 14.6. The van der Waals surface area contributed by atoms with E-state index in [-0.39, 0.29) is 19.3 Å². The Morgan fingerprint density at radius 3 is 0.694 bits per heavy atom. The summed E-state index contributed by atoms with van der Waals surface area (Å²) in [5.41, 5.74) is 0. The molecule has 0 aliphatic heterocycles. The highest BCUT2D eigenvalue weighted by Gasteiger charge is 2.30. The number of hydrogen-bond donors (Lipinski definition) is 4. The minimum Gasteiger partial charge on any atom is -0.463 e. The van der Waals surface area contributed by atoms with E-state index in [1.807, 2.05) is 0 Å². The van der Waals surface area contributed by atoms with Crippen LogP contribution in [0, 0.1) is 0 Å². The molecule has 18 heteroatoms. The number of phosphoric acid groups is 2. The van der Waals surface area contributed by atoms with Crippen LogP contribution in [0.15, 0.2) is 194 Å². The standard InChI is InChI=1S/C103H172O16P2/c1-4-7-10-13-16-19-22-25-28-31-34-37-40-43-45-46-47-48-49-50-52-55-56-59-62-65-68-71-74-77-80-83-86-89-101(106)113-92-98(104)93-115-120(109,110)116-94-99(105)95-117-121(111,112)118-97-100(119-103(108)91-88-85-82-79-76-73-70-67-64-61-58-53-42-39-36-33-30-27-24-21-18-15-12-9-6-3)96-114-102(107)90-87-84-81-78-75-72-69-66-63-60-57-54-51-44-41-38-35-32-29-26-23-20-17-14-11-8-5-2/h8-9,11-12,16-21,25-30,34-39,43-45,51,53,57-58,60,64,67,98-100,104-105H,4-7,10,13-15,22-24,31-33,40-42,46-50,52,54-56,59,61-63,65-66,68-97H2,1-3H3,(H,109,110)(H,111,112)/b11-8-,12-9-,19-16-,20-17-,21-18-,28-25-,29-26-,30-27-,37-34-,38-35-,39-36-,45-43-,51-44-,58-53-,60-57-,67-64-. The number of allylic oxidation sites excluding steroid dienone is 32. The van der Waals surface area contributed by atoms with E-state index in [0.717, 1.165) is 199 Å². The van der Waals surface area contributed by atoms with Gasteiger partial charge in [0, 0.05) is 19.3 Å². The van der Waals surface area contributed by atoms with Gasteiger partial charge in [0.25, 0.3) is 0 Å². The summed E-state index contributed by atoms with van der Waals surface area (Å²) in [4.78, 5) is 59.1. The van der Waals surface area contributed by atoms with Crippen LogP contribution in [0.3, 0.4) is 0 Å². The number of phosphoric ester groups is 2. The summed E-state index contributed by atoms with van der Waals surface area (Å²) < 4.78 is 61.5. The molecule has 0 aliphatic carbocycles. The quantitative estimate of drug-likeness (QED) is 0.0146. The van der Waals surface area contributed by atoms with E-state index in [2.05, 4.69) is 215 Å². The van der Waals surface area contributed by atoms with E-state index < -0.39 is 91.5 Å². The van der Waals surface area contributed by atoms with Crippen LogP contribution in [0.2, 0.25) is 0 Å². The van der Waals surface area contributed by atoms with Gasteiger partial charge in [-0.3, -0.25) is 32.5 Å². The maximum Gasteiger partial charge on any atom is 0.472 e. The van der Waals surface area contributed by atoms with Gasteiger partial charge in [-0.15, -0.1) is 0 Å². The average Bonchev–Trinajstić information content (AvgIpc) is 0.895. The minimum absolute atomic E-state index is 0.0779. The first kappa shape index (κ1) is 115. The zero-order valence-corrected chi connectivity index (χ0v) is 77.9. The third-order valence-corrected chi connectivity index (χ3v) is 21.7. The van der Waals surface area contributed by atoms with E-state index in [4.69, 9.17) is 32.3 Å². The molecule has 0 aromatic carbocycles. The maximum absolute atomic E-state index is 13.1. The second-order valence-electron chi connectivity index (χ2n) is 31.4. The largest absolute Gasteiger partial charge is 0.472 e. The van der Waals surface area contributed by atoms with Crippen molar-refractivity contribution in [3.05, 3.63) is 194 Å². The lowest BCUT2D eigenvalue weighted by molar-refractivity contribution is -0.161. The molecule has 0 fully saturated rings. The monoisotopic (exact) mass is 1730 g/mol. The summed E-state index contributed by atoms with van der Waals surface area (Å²) in [6.07, 6.45) is 125. The van der Waals surface area contributed by atoms with Crippen molar-refractivity contribution >= 4 is 33.6 Å². The number of aliphatic hydroxyl groups is 2. The van der Waals surface area contributed by atoms with Crippen LogP contribution in [0.25, 0.3) is 0 Å². The molecule has 0 amide bonds. The zero-order chi connectivity index (χ0) is 87.9. The molecular formula is C103H172O16P2. The van der Waals surface area contributed by atoms with Gasteiger partial charge < -0.3 is 34.2 Å². The molecule has 0 spiro atoms. The van der Waals surface area contributed by atoms with Crippen molar-refractivity contribution < 1.29 is 75.8 Å².